The SMILES string of the molecule is COc1ccc(/C=C2\COc3ccccc3C2O)cc1. The topological polar surface area (TPSA) is 38.7 Å². The third-order valence-corrected chi connectivity index (χ3v) is 3.43. The lowest BCUT2D eigenvalue weighted by molar-refractivity contribution is 0.172. The summed E-state index contributed by atoms with van der Waals surface area (Å²) < 4.78 is 10.8. The summed E-state index contributed by atoms with van der Waals surface area (Å²) in [6.45, 7) is 0.407. The molecule has 3 heteroatoms. The second-order valence-electron chi connectivity index (χ2n) is 4.72. The summed E-state index contributed by atoms with van der Waals surface area (Å²) in [6, 6.07) is 15.3. The van der Waals surface area contributed by atoms with Crippen LogP contribution in [0.3, 0.4) is 0 Å². The third kappa shape index (κ3) is 2.40. The summed E-state index contributed by atoms with van der Waals surface area (Å²) >= 11 is 0. The number of aliphatic hydroxyl groups is 1. The molecule has 0 aromatic heterocycles. The van der Waals surface area contributed by atoms with Gasteiger partial charge >= 0.3 is 0 Å². The molecule has 1 aliphatic heterocycles. The zero-order valence-corrected chi connectivity index (χ0v) is 11.2. The first-order chi connectivity index (χ1) is 9.78. The fraction of sp³-hybridized carbons (Fsp3) is 0.176. The molecule has 0 bridgehead atoms. The van der Waals surface area contributed by atoms with E-state index in [0.717, 1.165) is 28.2 Å². The van der Waals surface area contributed by atoms with Gasteiger partial charge in [0.1, 0.15) is 24.2 Å². The van der Waals surface area contributed by atoms with Crippen LogP contribution in [0.4, 0.5) is 0 Å². The maximum absolute atomic E-state index is 10.4. The van der Waals surface area contributed by atoms with Crippen molar-refractivity contribution in [1.82, 2.24) is 0 Å². The largest absolute Gasteiger partial charge is 0.497 e. The van der Waals surface area contributed by atoms with Gasteiger partial charge in [0.05, 0.1) is 7.11 Å². The van der Waals surface area contributed by atoms with Gasteiger partial charge in [0.2, 0.25) is 0 Å². The van der Waals surface area contributed by atoms with Crippen LogP contribution in [0.1, 0.15) is 17.2 Å². The maximum Gasteiger partial charge on any atom is 0.125 e. The molecular formula is C17H16O3. The van der Waals surface area contributed by atoms with Crippen molar-refractivity contribution >= 4 is 6.08 Å². The van der Waals surface area contributed by atoms with Gasteiger partial charge in [0.25, 0.3) is 0 Å². The molecule has 102 valence electrons. The molecule has 2 aromatic carbocycles. The van der Waals surface area contributed by atoms with Crippen LogP contribution in [0.15, 0.2) is 54.1 Å². The Hall–Kier alpha value is -2.26. The first kappa shape index (κ1) is 12.8. The lowest BCUT2D eigenvalue weighted by Gasteiger charge is -2.25. The molecule has 0 radical (unpaired) electrons. The quantitative estimate of drug-likeness (QED) is 0.909. The molecule has 0 saturated heterocycles. The predicted molar refractivity (Wildman–Crippen MR) is 77.9 cm³/mol. The second kappa shape index (κ2) is 5.39. The average Bonchev–Trinajstić information content (AvgIpc) is 2.51. The Morgan fingerprint density at radius 2 is 1.90 bits per heavy atom. The van der Waals surface area contributed by atoms with E-state index in [2.05, 4.69) is 0 Å². The molecule has 3 rings (SSSR count). The molecule has 3 nitrogen and oxygen atoms in total. The van der Waals surface area contributed by atoms with Gasteiger partial charge in [-0.15, -0.1) is 0 Å². The van der Waals surface area contributed by atoms with Crippen molar-refractivity contribution in [3.05, 3.63) is 65.2 Å². The van der Waals surface area contributed by atoms with Crippen LogP contribution >= 0.6 is 0 Å². The fourth-order valence-electron chi connectivity index (χ4n) is 2.31. The molecule has 0 saturated carbocycles. The number of fused-ring (bicyclic) bond motifs is 1. The van der Waals surface area contributed by atoms with Crippen LogP contribution in [0.2, 0.25) is 0 Å². The molecule has 0 amide bonds. The predicted octanol–water partition coefficient (Wildman–Crippen LogP) is 3.20. The Balaban J connectivity index is 1.89. The zero-order valence-electron chi connectivity index (χ0n) is 11.2. The normalized spacial score (nSPS) is 19.3. The summed E-state index contributed by atoms with van der Waals surface area (Å²) in [7, 11) is 1.64. The highest BCUT2D eigenvalue weighted by molar-refractivity contribution is 5.58. The second-order valence-corrected chi connectivity index (χ2v) is 4.72. The Labute approximate surface area is 118 Å². The summed E-state index contributed by atoms with van der Waals surface area (Å²) in [5, 5.41) is 10.4. The minimum atomic E-state index is -0.609. The van der Waals surface area contributed by atoms with E-state index in [1.54, 1.807) is 7.11 Å². The first-order valence-corrected chi connectivity index (χ1v) is 6.52. The molecular weight excluding hydrogens is 252 g/mol. The van der Waals surface area contributed by atoms with Crippen LogP contribution in [-0.4, -0.2) is 18.8 Å². The number of benzene rings is 2. The van der Waals surface area contributed by atoms with Gasteiger partial charge in [0.15, 0.2) is 0 Å². The molecule has 2 aromatic rings. The lowest BCUT2D eigenvalue weighted by Crippen LogP contribution is -2.17. The third-order valence-electron chi connectivity index (χ3n) is 3.43. The summed E-state index contributed by atoms with van der Waals surface area (Å²) in [5.74, 6) is 1.57. The highest BCUT2D eigenvalue weighted by Crippen LogP contribution is 2.35. The Morgan fingerprint density at radius 3 is 2.65 bits per heavy atom. The number of hydrogen-bond donors (Lipinski definition) is 1. The van der Waals surface area contributed by atoms with Gasteiger partial charge in [-0.25, -0.2) is 0 Å². The summed E-state index contributed by atoms with van der Waals surface area (Å²) in [5.41, 5.74) is 2.69. The van der Waals surface area contributed by atoms with Crippen molar-refractivity contribution in [2.75, 3.05) is 13.7 Å². The molecule has 1 aliphatic rings. The standard InChI is InChI=1S/C17H16O3/c1-19-14-8-6-12(7-9-14)10-13-11-20-16-5-3-2-4-15(16)17(13)18/h2-10,17-18H,11H2,1H3/b13-10+. The van der Waals surface area contributed by atoms with Crippen molar-refractivity contribution in [1.29, 1.82) is 0 Å². The minimum Gasteiger partial charge on any atom is -0.497 e. The number of ether oxygens (including phenoxy) is 2. The van der Waals surface area contributed by atoms with Gasteiger partial charge in [-0.1, -0.05) is 30.3 Å². The number of hydrogen-bond acceptors (Lipinski definition) is 3. The number of methoxy groups -OCH3 is 1. The summed E-state index contributed by atoms with van der Waals surface area (Å²) in [4.78, 5) is 0. The monoisotopic (exact) mass is 268 g/mol. The number of aliphatic hydroxyl groups excluding tert-OH is 1. The van der Waals surface area contributed by atoms with Crippen molar-refractivity contribution in [2.45, 2.75) is 6.10 Å². The van der Waals surface area contributed by atoms with Crippen LogP contribution in [0.5, 0.6) is 11.5 Å². The highest BCUT2D eigenvalue weighted by Gasteiger charge is 2.23. The van der Waals surface area contributed by atoms with Crippen LogP contribution in [0.25, 0.3) is 6.08 Å². The number of para-hydroxylation sites is 1. The van der Waals surface area contributed by atoms with Crippen LogP contribution < -0.4 is 9.47 Å². The van der Waals surface area contributed by atoms with E-state index in [9.17, 15) is 5.11 Å². The molecule has 20 heavy (non-hydrogen) atoms. The van der Waals surface area contributed by atoms with Gasteiger partial charge in [-0.3, -0.25) is 0 Å². The zero-order chi connectivity index (χ0) is 13.9. The van der Waals surface area contributed by atoms with Gasteiger partial charge in [-0.05, 0) is 29.8 Å². The molecule has 1 N–H and O–H groups in total. The molecule has 1 heterocycles. The molecule has 1 unspecified atom stereocenters. The molecule has 0 aliphatic carbocycles. The van der Waals surface area contributed by atoms with E-state index in [4.69, 9.17) is 9.47 Å². The Bertz CT molecular complexity index is 629. The van der Waals surface area contributed by atoms with Crippen molar-refractivity contribution in [3.63, 3.8) is 0 Å². The first-order valence-electron chi connectivity index (χ1n) is 6.52. The van der Waals surface area contributed by atoms with E-state index < -0.39 is 6.10 Å². The van der Waals surface area contributed by atoms with Gasteiger partial charge in [0, 0.05) is 11.1 Å². The highest BCUT2D eigenvalue weighted by atomic mass is 16.5. The fourth-order valence-corrected chi connectivity index (χ4v) is 2.31. The van der Waals surface area contributed by atoms with E-state index in [1.807, 2.05) is 54.6 Å². The van der Waals surface area contributed by atoms with Crippen molar-refractivity contribution < 1.29 is 14.6 Å². The number of rotatable bonds is 2. The van der Waals surface area contributed by atoms with E-state index in [-0.39, 0.29) is 0 Å². The van der Waals surface area contributed by atoms with Crippen molar-refractivity contribution in [3.8, 4) is 11.5 Å². The molecule has 1 atom stereocenters. The van der Waals surface area contributed by atoms with Gasteiger partial charge < -0.3 is 14.6 Å². The van der Waals surface area contributed by atoms with E-state index >= 15 is 0 Å². The Kier molecular flexibility index (Phi) is 3.44. The van der Waals surface area contributed by atoms with Crippen LogP contribution in [-0.2, 0) is 0 Å². The summed E-state index contributed by atoms with van der Waals surface area (Å²) in [6.07, 6.45) is 1.35. The average molecular weight is 268 g/mol. The molecule has 0 spiro atoms. The molecule has 0 fully saturated rings. The maximum atomic E-state index is 10.4. The smallest absolute Gasteiger partial charge is 0.125 e. The van der Waals surface area contributed by atoms with E-state index in [0.29, 0.717) is 6.61 Å². The van der Waals surface area contributed by atoms with Crippen LogP contribution in [0, 0.1) is 0 Å². The van der Waals surface area contributed by atoms with Crippen molar-refractivity contribution in [2.24, 2.45) is 0 Å². The van der Waals surface area contributed by atoms with Gasteiger partial charge in [-0.2, -0.15) is 0 Å². The lowest BCUT2D eigenvalue weighted by atomic mass is 9.97. The Morgan fingerprint density at radius 1 is 1.15 bits per heavy atom. The van der Waals surface area contributed by atoms with E-state index in [1.165, 1.54) is 0 Å². The minimum absolute atomic E-state index is 0.407.